The average Bonchev–Trinajstić information content (AvgIpc) is 2.85. The molecule has 4 heteroatoms. The van der Waals surface area contributed by atoms with Gasteiger partial charge in [-0.15, -0.1) is 0 Å². The molecule has 1 N–H and O–H groups in total. The van der Waals surface area contributed by atoms with Gasteiger partial charge in [0.1, 0.15) is 5.15 Å². The normalized spacial score (nSPS) is 25.6. The van der Waals surface area contributed by atoms with E-state index in [1.54, 1.807) is 12.3 Å². The Morgan fingerprint density at radius 3 is 2.85 bits per heavy atom. The van der Waals surface area contributed by atoms with Crippen molar-refractivity contribution in [2.75, 3.05) is 0 Å². The molecule has 2 atom stereocenters. The number of carboxylic acids is 1. The Morgan fingerprint density at radius 2 is 2.38 bits per heavy atom. The number of aliphatic carboxylic acids is 1. The number of aromatic nitrogens is 1. The monoisotopic (exact) mass is 197 g/mol. The first-order valence-corrected chi connectivity index (χ1v) is 4.40. The van der Waals surface area contributed by atoms with Crippen LogP contribution < -0.4 is 0 Å². The van der Waals surface area contributed by atoms with Gasteiger partial charge >= 0.3 is 5.97 Å². The fourth-order valence-electron chi connectivity index (χ4n) is 1.44. The van der Waals surface area contributed by atoms with Crippen LogP contribution in [-0.4, -0.2) is 16.1 Å². The van der Waals surface area contributed by atoms with Gasteiger partial charge in [0, 0.05) is 6.20 Å². The van der Waals surface area contributed by atoms with Crippen molar-refractivity contribution in [2.45, 2.75) is 12.3 Å². The molecule has 1 aromatic rings. The van der Waals surface area contributed by atoms with E-state index in [4.69, 9.17) is 16.7 Å². The molecule has 13 heavy (non-hydrogen) atoms. The molecule has 0 radical (unpaired) electrons. The lowest BCUT2D eigenvalue weighted by atomic mass is 10.1. The third-order valence-electron chi connectivity index (χ3n) is 2.29. The van der Waals surface area contributed by atoms with Gasteiger partial charge in [-0.25, -0.2) is 4.98 Å². The smallest absolute Gasteiger partial charge is 0.307 e. The van der Waals surface area contributed by atoms with E-state index in [-0.39, 0.29) is 11.8 Å². The van der Waals surface area contributed by atoms with Crippen molar-refractivity contribution in [3.05, 3.63) is 29.0 Å². The van der Waals surface area contributed by atoms with Crippen LogP contribution in [0.15, 0.2) is 18.3 Å². The number of carboxylic acid groups (broad SMARTS) is 1. The molecule has 0 saturated heterocycles. The Labute approximate surface area is 80.4 Å². The summed E-state index contributed by atoms with van der Waals surface area (Å²) in [5.74, 6) is -0.801. The summed E-state index contributed by atoms with van der Waals surface area (Å²) < 4.78 is 0. The summed E-state index contributed by atoms with van der Waals surface area (Å²) >= 11 is 5.61. The molecular weight excluding hydrogens is 190 g/mol. The molecule has 3 nitrogen and oxygen atoms in total. The van der Waals surface area contributed by atoms with Crippen LogP contribution in [0.4, 0.5) is 0 Å². The zero-order valence-electron chi connectivity index (χ0n) is 6.77. The van der Waals surface area contributed by atoms with Gasteiger partial charge in [0.15, 0.2) is 0 Å². The Balaban J connectivity index is 2.12. The number of carbonyl (C=O) groups is 1. The van der Waals surface area contributed by atoms with Gasteiger partial charge < -0.3 is 5.11 Å². The molecule has 0 bridgehead atoms. The van der Waals surface area contributed by atoms with Gasteiger partial charge in [-0.3, -0.25) is 4.79 Å². The number of halogens is 1. The van der Waals surface area contributed by atoms with E-state index < -0.39 is 5.97 Å². The quantitative estimate of drug-likeness (QED) is 0.737. The van der Waals surface area contributed by atoms with Crippen LogP contribution in [0, 0.1) is 5.92 Å². The molecule has 1 aromatic heterocycles. The van der Waals surface area contributed by atoms with Crippen LogP contribution in [0.1, 0.15) is 17.9 Å². The lowest BCUT2D eigenvalue weighted by molar-refractivity contribution is -0.138. The van der Waals surface area contributed by atoms with Crippen molar-refractivity contribution in [1.29, 1.82) is 0 Å². The number of pyridine rings is 1. The summed E-state index contributed by atoms with van der Waals surface area (Å²) in [5.41, 5.74) is 0.969. The Kier molecular flexibility index (Phi) is 1.96. The highest BCUT2D eigenvalue weighted by Gasteiger charge is 2.44. The molecule has 2 rings (SSSR count). The van der Waals surface area contributed by atoms with Crippen LogP contribution >= 0.6 is 11.6 Å². The first-order valence-electron chi connectivity index (χ1n) is 4.03. The Morgan fingerprint density at radius 1 is 1.62 bits per heavy atom. The predicted molar refractivity (Wildman–Crippen MR) is 47.7 cm³/mol. The molecule has 1 aliphatic carbocycles. The molecule has 1 aliphatic rings. The fraction of sp³-hybridized carbons (Fsp3) is 0.333. The first kappa shape index (κ1) is 8.51. The summed E-state index contributed by atoms with van der Waals surface area (Å²) in [6.07, 6.45) is 2.37. The summed E-state index contributed by atoms with van der Waals surface area (Å²) in [4.78, 5) is 14.5. The minimum atomic E-state index is -0.722. The van der Waals surface area contributed by atoms with Crippen LogP contribution in [0.5, 0.6) is 0 Å². The predicted octanol–water partition coefficient (Wildman–Crippen LogP) is 1.92. The van der Waals surface area contributed by atoms with Gasteiger partial charge in [-0.1, -0.05) is 17.7 Å². The third kappa shape index (κ3) is 1.65. The van der Waals surface area contributed by atoms with Crippen molar-refractivity contribution in [1.82, 2.24) is 4.98 Å². The van der Waals surface area contributed by atoms with E-state index in [9.17, 15) is 4.79 Å². The number of hydrogen-bond donors (Lipinski definition) is 1. The average molecular weight is 198 g/mol. The molecule has 2 unspecified atom stereocenters. The van der Waals surface area contributed by atoms with E-state index in [1.807, 2.05) is 6.07 Å². The molecule has 0 aromatic carbocycles. The van der Waals surface area contributed by atoms with E-state index in [0.29, 0.717) is 5.15 Å². The summed E-state index contributed by atoms with van der Waals surface area (Å²) in [6.45, 7) is 0. The number of rotatable bonds is 2. The van der Waals surface area contributed by atoms with Crippen molar-refractivity contribution in [3.8, 4) is 0 Å². The molecule has 68 valence electrons. The topological polar surface area (TPSA) is 50.2 Å². The standard InChI is InChI=1S/C9H8ClNO2/c10-8-2-1-5(4-11-8)6-3-7(6)9(12)13/h1-2,4,6-7H,3H2,(H,12,13). The largest absolute Gasteiger partial charge is 0.481 e. The third-order valence-corrected chi connectivity index (χ3v) is 2.51. The second-order valence-corrected chi connectivity index (χ2v) is 3.59. The molecule has 1 fully saturated rings. The van der Waals surface area contributed by atoms with Crippen molar-refractivity contribution in [3.63, 3.8) is 0 Å². The van der Waals surface area contributed by atoms with Crippen LogP contribution in [0.25, 0.3) is 0 Å². The van der Waals surface area contributed by atoms with Crippen LogP contribution in [-0.2, 0) is 4.79 Å². The molecule has 0 spiro atoms. The summed E-state index contributed by atoms with van der Waals surface area (Å²) in [5, 5.41) is 9.13. The van der Waals surface area contributed by atoms with Gasteiger partial charge in [0.05, 0.1) is 5.92 Å². The number of nitrogens with zero attached hydrogens (tertiary/aromatic N) is 1. The Hall–Kier alpha value is -1.09. The summed E-state index contributed by atoms with van der Waals surface area (Å²) in [6, 6.07) is 3.52. The Bertz CT molecular complexity index is 336. The lowest BCUT2D eigenvalue weighted by Gasteiger charge is -1.96. The molecule has 1 heterocycles. The minimum absolute atomic E-state index is 0.141. The van der Waals surface area contributed by atoms with Gasteiger partial charge in [-0.2, -0.15) is 0 Å². The molecule has 1 saturated carbocycles. The molecular formula is C9H8ClNO2. The second kappa shape index (κ2) is 3.00. The minimum Gasteiger partial charge on any atom is -0.481 e. The maximum absolute atomic E-state index is 10.6. The first-order chi connectivity index (χ1) is 6.18. The molecule has 0 amide bonds. The second-order valence-electron chi connectivity index (χ2n) is 3.20. The SMILES string of the molecule is O=C(O)C1CC1c1ccc(Cl)nc1. The van der Waals surface area contributed by atoms with Crippen LogP contribution in [0.3, 0.4) is 0 Å². The van der Waals surface area contributed by atoms with Gasteiger partial charge in [0.25, 0.3) is 0 Å². The van der Waals surface area contributed by atoms with E-state index in [0.717, 1.165) is 12.0 Å². The van der Waals surface area contributed by atoms with Gasteiger partial charge in [-0.05, 0) is 24.0 Å². The zero-order valence-corrected chi connectivity index (χ0v) is 7.53. The number of hydrogen-bond acceptors (Lipinski definition) is 2. The highest BCUT2D eigenvalue weighted by Crippen LogP contribution is 2.47. The van der Waals surface area contributed by atoms with Crippen molar-refractivity contribution >= 4 is 17.6 Å². The van der Waals surface area contributed by atoms with Gasteiger partial charge in [0.2, 0.25) is 0 Å². The van der Waals surface area contributed by atoms with E-state index >= 15 is 0 Å². The van der Waals surface area contributed by atoms with Crippen LogP contribution in [0.2, 0.25) is 5.15 Å². The molecule has 0 aliphatic heterocycles. The lowest BCUT2D eigenvalue weighted by Crippen LogP contribution is -1.98. The summed E-state index contributed by atoms with van der Waals surface area (Å²) in [7, 11) is 0. The highest BCUT2D eigenvalue weighted by atomic mass is 35.5. The van der Waals surface area contributed by atoms with Crippen molar-refractivity contribution in [2.24, 2.45) is 5.92 Å². The zero-order chi connectivity index (χ0) is 9.42. The highest BCUT2D eigenvalue weighted by molar-refractivity contribution is 6.29. The maximum Gasteiger partial charge on any atom is 0.307 e. The van der Waals surface area contributed by atoms with Crippen molar-refractivity contribution < 1.29 is 9.90 Å². The van der Waals surface area contributed by atoms with E-state index in [2.05, 4.69) is 4.98 Å². The maximum atomic E-state index is 10.6. The van der Waals surface area contributed by atoms with E-state index in [1.165, 1.54) is 0 Å². The fourth-order valence-corrected chi connectivity index (χ4v) is 1.55.